The summed E-state index contributed by atoms with van der Waals surface area (Å²) in [7, 11) is 0. The summed E-state index contributed by atoms with van der Waals surface area (Å²) in [6.07, 6.45) is 0.167. The van der Waals surface area contributed by atoms with E-state index in [0.717, 1.165) is 5.56 Å². The summed E-state index contributed by atoms with van der Waals surface area (Å²) < 4.78 is 11.1. The lowest BCUT2D eigenvalue weighted by Gasteiger charge is -2.22. The molecule has 140 valence electrons. The number of carbonyl (C=O) groups is 2. The van der Waals surface area contributed by atoms with Crippen LogP contribution in [0.3, 0.4) is 0 Å². The number of hydrogen-bond donors (Lipinski definition) is 1. The first kappa shape index (κ1) is 17.7. The Morgan fingerprint density at radius 2 is 1.93 bits per heavy atom. The first-order chi connectivity index (χ1) is 13.0. The second kappa shape index (κ2) is 7.12. The third-order valence-corrected chi connectivity index (χ3v) is 5.03. The van der Waals surface area contributed by atoms with Crippen molar-refractivity contribution in [1.82, 2.24) is 0 Å². The zero-order chi connectivity index (χ0) is 19.0. The van der Waals surface area contributed by atoms with E-state index in [-0.39, 0.29) is 18.2 Å². The predicted octanol–water partition coefficient (Wildman–Crippen LogP) is 3.41. The topological polar surface area (TPSA) is 67.9 Å². The lowest BCUT2D eigenvalue weighted by Crippen LogP contribution is -2.28. The van der Waals surface area contributed by atoms with Crippen LogP contribution in [0.4, 0.5) is 11.4 Å². The van der Waals surface area contributed by atoms with Crippen LogP contribution in [-0.2, 0) is 9.59 Å². The standard InChI is InChI=1S/C20H19ClN2O4/c1-12-2-3-14(21)9-16(12)22-20(25)13-8-19(24)23(11-13)15-4-5-17-18(10-15)27-7-6-26-17/h2-5,9-10,13H,6-8,11H2,1H3,(H,22,25)/t13-/m0/s1. The second-order valence-corrected chi connectivity index (χ2v) is 7.12. The van der Waals surface area contributed by atoms with Crippen molar-refractivity contribution in [1.29, 1.82) is 0 Å². The van der Waals surface area contributed by atoms with Gasteiger partial charge in [0.15, 0.2) is 11.5 Å². The van der Waals surface area contributed by atoms with Crippen molar-refractivity contribution in [2.45, 2.75) is 13.3 Å². The Kier molecular flexibility index (Phi) is 4.66. The average molecular weight is 387 g/mol. The van der Waals surface area contributed by atoms with E-state index in [0.29, 0.717) is 47.7 Å². The molecule has 27 heavy (non-hydrogen) atoms. The van der Waals surface area contributed by atoms with Crippen LogP contribution in [0.5, 0.6) is 11.5 Å². The van der Waals surface area contributed by atoms with Crippen LogP contribution in [0.1, 0.15) is 12.0 Å². The molecule has 2 heterocycles. The molecule has 0 spiro atoms. The first-order valence-corrected chi connectivity index (χ1v) is 9.16. The zero-order valence-corrected chi connectivity index (χ0v) is 15.6. The minimum absolute atomic E-state index is 0.0883. The Balaban J connectivity index is 1.49. The van der Waals surface area contributed by atoms with E-state index in [1.807, 2.05) is 19.1 Å². The first-order valence-electron chi connectivity index (χ1n) is 8.78. The molecule has 1 saturated heterocycles. The number of carbonyl (C=O) groups excluding carboxylic acids is 2. The van der Waals surface area contributed by atoms with E-state index in [4.69, 9.17) is 21.1 Å². The van der Waals surface area contributed by atoms with Gasteiger partial charge in [-0.1, -0.05) is 17.7 Å². The van der Waals surface area contributed by atoms with Gasteiger partial charge in [0.1, 0.15) is 13.2 Å². The van der Waals surface area contributed by atoms with E-state index < -0.39 is 5.92 Å². The van der Waals surface area contributed by atoms with Gasteiger partial charge in [-0.25, -0.2) is 0 Å². The summed E-state index contributed by atoms with van der Waals surface area (Å²) in [5, 5.41) is 3.44. The highest BCUT2D eigenvalue weighted by atomic mass is 35.5. The van der Waals surface area contributed by atoms with Gasteiger partial charge < -0.3 is 19.7 Å². The van der Waals surface area contributed by atoms with Crippen LogP contribution >= 0.6 is 11.6 Å². The molecule has 1 atom stereocenters. The molecule has 2 amide bonds. The smallest absolute Gasteiger partial charge is 0.229 e. The number of nitrogens with zero attached hydrogens (tertiary/aromatic N) is 1. The van der Waals surface area contributed by atoms with Crippen LogP contribution in [0.25, 0.3) is 0 Å². The van der Waals surface area contributed by atoms with Crippen LogP contribution in [0.2, 0.25) is 5.02 Å². The predicted molar refractivity (Wildman–Crippen MR) is 103 cm³/mol. The maximum Gasteiger partial charge on any atom is 0.229 e. The van der Waals surface area contributed by atoms with Crippen LogP contribution in [0, 0.1) is 12.8 Å². The van der Waals surface area contributed by atoms with Gasteiger partial charge in [0, 0.05) is 35.4 Å². The number of amides is 2. The number of rotatable bonds is 3. The van der Waals surface area contributed by atoms with Gasteiger partial charge >= 0.3 is 0 Å². The molecule has 0 aromatic heterocycles. The van der Waals surface area contributed by atoms with Crippen molar-refractivity contribution in [3.05, 3.63) is 47.0 Å². The van der Waals surface area contributed by atoms with Gasteiger partial charge in [-0.2, -0.15) is 0 Å². The lowest BCUT2D eigenvalue weighted by atomic mass is 10.1. The molecule has 4 rings (SSSR count). The largest absolute Gasteiger partial charge is 0.486 e. The highest BCUT2D eigenvalue weighted by molar-refractivity contribution is 6.31. The third-order valence-electron chi connectivity index (χ3n) is 4.79. The Morgan fingerprint density at radius 1 is 1.15 bits per heavy atom. The van der Waals surface area contributed by atoms with Crippen molar-refractivity contribution in [2.75, 3.05) is 30.0 Å². The highest BCUT2D eigenvalue weighted by Crippen LogP contribution is 2.36. The molecule has 0 radical (unpaired) electrons. The second-order valence-electron chi connectivity index (χ2n) is 6.68. The summed E-state index contributed by atoms with van der Waals surface area (Å²) in [6.45, 7) is 3.21. The number of nitrogens with one attached hydrogen (secondary N) is 1. The van der Waals surface area contributed by atoms with Gasteiger partial charge in [0.2, 0.25) is 11.8 Å². The molecule has 2 aromatic carbocycles. The summed E-state index contributed by atoms with van der Waals surface area (Å²) in [5.41, 5.74) is 2.29. The molecule has 1 N–H and O–H groups in total. The molecule has 1 fully saturated rings. The van der Waals surface area contributed by atoms with Crippen LogP contribution in [-0.4, -0.2) is 31.6 Å². The van der Waals surface area contributed by atoms with Gasteiger partial charge in [0.25, 0.3) is 0 Å². The normalized spacial score (nSPS) is 18.5. The number of fused-ring (bicyclic) bond motifs is 1. The molecule has 6 nitrogen and oxygen atoms in total. The zero-order valence-electron chi connectivity index (χ0n) is 14.8. The fraction of sp³-hybridized carbons (Fsp3) is 0.300. The third kappa shape index (κ3) is 3.57. The summed E-state index contributed by atoms with van der Waals surface area (Å²) >= 11 is 6.01. The lowest BCUT2D eigenvalue weighted by molar-refractivity contribution is -0.122. The molecular weight excluding hydrogens is 368 g/mol. The number of anilines is 2. The van der Waals surface area contributed by atoms with Crippen molar-refractivity contribution < 1.29 is 19.1 Å². The van der Waals surface area contributed by atoms with Gasteiger partial charge in [-0.15, -0.1) is 0 Å². The Hall–Kier alpha value is -2.73. The van der Waals surface area contributed by atoms with Crippen LogP contribution < -0.4 is 19.7 Å². The number of halogens is 1. The molecule has 0 bridgehead atoms. The maximum absolute atomic E-state index is 12.7. The van der Waals surface area contributed by atoms with E-state index in [2.05, 4.69) is 5.32 Å². The maximum atomic E-state index is 12.7. The molecule has 0 saturated carbocycles. The van der Waals surface area contributed by atoms with E-state index in [1.165, 1.54) is 0 Å². The number of hydrogen-bond acceptors (Lipinski definition) is 4. The summed E-state index contributed by atoms with van der Waals surface area (Å²) in [4.78, 5) is 26.8. The number of aryl methyl sites for hydroxylation is 1. The number of benzene rings is 2. The molecule has 0 aliphatic carbocycles. The monoisotopic (exact) mass is 386 g/mol. The quantitative estimate of drug-likeness (QED) is 0.877. The Bertz CT molecular complexity index is 915. The summed E-state index contributed by atoms with van der Waals surface area (Å²) in [6, 6.07) is 10.7. The van der Waals surface area contributed by atoms with E-state index in [9.17, 15) is 9.59 Å². The summed E-state index contributed by atoms with van der Waals surface area (Å²) in [5.74, 6) is 0.587. The van der Waals surface area contributed by atoms with Gasteiger partial charge in [0.05, 0.1) is 5.92 Å². The fourth-order valence-electron chi connectivity index (χ4n) is 3.30. The van der Waals surface area contributed by atoms with Gasteiger partial charge in [-0.05, 0) is 36.8 Å². The fourth-order valence-corrected chi connectivity index (χ4v) is 3.47. The Morgan fingerprint density at radius 3 is 2.74 bits per heavy atom. The van der Waals surface area contributed by atoms with Crippen molar-refractivity contribution >= 4 is 34.8 Å². The van der Waals surface area contributed by atoms with Crippen molar-refractivity contribution in [2.24, 2.45) is 5.92 Å². The molecule has 2 aromatic rings. The van der Waals surface area contributed by atoms with Gasteiger partial charge in [-0.3, -0.25) is 9.59 Å². The molecular formula is C20H19ClN2O4. The van der Waals surface area contributed by atoms with Crippen molar-refractivity contribution in [3.8, 4) is 11.5 Å². The minimum atomic E-state index is -0.427. The van der Waals surface area contributed by atoms with E-state index >= 15 is 0 Å². The van der Waals surface area contributed by atoms with Crippen LogP contribution in [0.15, 0.2) is 36.4 Å². The minimum Gasteiger partial charge on any atom is -0.486 e. The van der Waals surface area contributed by atoms with E-state index in [1.54, 1.807) is 29.2 Å². The molecule has 2 aliphatic rings. The van der Waals surface area contributed by atoms with Crippen molar-refractivity contribution in [3.63, 3.8) is 0 Å². The molecule has 7 heteroatoms. The number of ether oxygens (including phenoxy) is 2. The SMILES string of the molecule is Cc1ccc(Cl)cc1NC(=O)[C@H]1CC(=O)N(c2ccc3c(c2)OCCO3)C1. The highest BCUT2D eigenvalue weighted by Gasteiger charge is 2.35. The molecule has 0 unspecified atom stereocenters. The Labute approximate surface area is 162 Å². The average Bonchev–Trinajstić information content (AvgIpc) is 3.06. The molecule has 2 aliphatic heterocycles.